The molecule has 1 heterocycles. The summed E-state index contributed by atoms with van der Waals surface area (Å²) in [5.41, 5.74) is 0. The van der Waals surface area contributed by atoms with Gasteiger partial charge in [0.1, 0.15) is 0 Å². The van der Waals surface area contributed by atoms with Crippen LogP contribution in [0, 0.1) is 23.2 Å². The summed E-state index contributed by atoms with van der Waals surface area (Å²) in [4.78, 5) is 11.1. The molecule has 1 N–H and O–H groups in total. The number of piperidine rings is 1. The van der Waals surface area contributed by atoms with E-state index in [9.17, 15) is 4.79 Å². The van der Waals surface area contributed by atoms with E-state index in [0.717, 1.165) is 19.4 Å². The molecule has 2 atom stereocenters. The van der Waals surface area contributed by atoms with E-state index < -0.39 is 0 Å². The number of nitriles is 1. The minimum Gasteiger partial charge on any atom is -0.356 e. The van der Waals surface area contributed by atoms with Crippen LogP contribution in [0.15, 0.2) is 0 Å². The molecule has 3 heteroatoms. The van der Waals surface area contributed by atoms with E-state index in [0.29, 0.717) is 0 Å². The van der Waals surface area contributed by atoms with Crippen LogP contribution >= 0.6 is 0 Å². The lowest BCUT2D eigenvalue weighted by Gasteiger charge is -2.22. The molecule has 60 valence electrons. The van der Waals surface area contributed by atoms with Crippen LogP contribution in [0.1, 0.15) is 19.8 Å². The number of nitrogens with one attached hydrogen (secondary N) is 1. The maximum Gasteiger partial charge on any atom is 0.224 e. The molecule has 2 unspecified atom stereocenters. The predicted molar refractivity (Wildman–Crippen MR) is 40.5 cm³/mol. The molecule has 1 saturated heterocycles. The molecule has 1 fully saturated rings. The summed E-state index contributed by atoms with van der Waals surface area (Å²) in [5.74, 6) is -0.172. The van der Waals surface area contributed by atoms with Crippen LogP contribution < -0.4 is 5.32 Å². The van der Waals surface area contributed by atoms with Gasteiger partial charge in [-0.2, -0.15) is 5.26 Å². The minimum absolute atomic E-state index is 0.0466. The van der Waals surface area contributed by atoms with Gasteiger partial charge in [-0.25, -0.2) is 0 Å². The van der Waals surface area contributed by atoms with Gasteiger partial charge in [0.15, 0.2) is 0 Å². The average Bonchev–Trinajstić information content (AvgIpc) is 2.04. The van der Waals surface area contributed by atoms with Crippen LogP contribution in [0.5, 0.6) is 0 Å². The third-order valence-electron chi connectivity index (χ3n) is 2.14. The lowest BCUT2D eigenvalue weighted by atomic mass is 9.88. The number of amides is 1. The molecule has 0 spiro atoms. The Kier molecular flexibility index (Phi) is 2.48. The Morgan fingerprint density at radius 3 is 3.09 bits per heavy atom. The first kappa shape index (κ1) is 8.06. The van der Waals surface area contributed by atoms with Gasteiger partial charge in [-0.05, 0) is 19.8 Å². The Morgan fingerprint density at radius 2 is 2.55 bits per heavy atom. The molecule has 0 aromatic rings. The Labute approximate surface area is 66.4 Å². The van der Waals surface area contributed by atoms with Gasteiger partial charge in [0.25, 0.3) is 0 Å². The molecule has 3 nitrogen and oxygen atoms in total. The number of hydrogen-bond acceptors (Lipinski definition) is 2. The van der Waals surface area contributed by atoms with E-state index in [-0.39, 0.29) is 17.7 Å². The molecule has 11 heavy (non-hydrogen) atoms. The summed E-state index contributed by atoms with van der Waals surface area (Å²) >= 11 is 0. The van der Waals surface area contributed by atoms with Crippen molar-refractivity contribution in [1.82, 2.24) is 5.32 Å². The molecule has 0 aliphatic carbocycles. The van der Waals surface area contributed by atoms with Gasteiger partial charge in [-0.15, -0.1) is 0 Å². The van der Waals surface area contributed by atoms with Gasteiger partial charge in [0.2, 0.25) is 5.91 Å². The van der Waals surface area contributed by atoms with Crippen molar-refractivity contribution < 1.29 is 4.79 Å². The molecule has 0 aromatic carbocycles. The molecule has 0 bridgehead atoms. The summed E-state index contributed by atoms with van der Waals surface area (Å²) in [7, 11) is 0. The summed E-state index contributed by atoms with van der Waals surface area (Å²) in [6.45, 7) is 2.57. The van der Waals surface area contributed by atoms with Crippen LogP contribution in [0.4, 0.5) is 0 Å². The zero-order valence-electron chi connectivity index (χ0n) is 6.63. The monoisotopic (exact) mass is 152 g/mol. The third kappa shape index (κ3) is 1.70. The van der Waals surface area contributed by atoms with E-state index in [4.69, 9.17) is 5.26 Å². The fraction of sp³-hybridized carbons (Fsp3) is 0.750. The number of hydrogen-bond donors (Lipinski definition) is 1. The highest BCUT2D eigenvalue weighted by Gasteiger charge is 2.26. The Balaban J connectivity index is 2.56. The first-order valence-corrected chi connectivity index (χ1v) is 3.93. The SMILES string of the molecule is CC(C#N)C1CCCNC1=O. The molecule has 0 saturated carbocycles. The summed E-state index contributed by atoms with van der Waals surface area (Å²) in [5, 5.41) is 11.3. The van der Waals surface area contributed by atoms with Crippen LogP contribution in [-0.4, -0.2) is 12.5 Å². The number of nitrogens with zero attached hydrogens (tertiary/aromatic N) is 1. The first-order chi connectivity index (χ1) is 5.25. The van der Waals surface area contributed by atoms with Gasteiger partial charge in [0, 0.05) is 6.54 Å². The third-order valence-corrected chi connectivity index (χ3v) is 2.14. The zero-order chi connectivity index (χ0) is 8.27. The van der Waals surface area contributed by atoms with Gasteiger partial charge < -0.3 is 5.32 Å². The molecular weight excluding hydrogens is 140 g/mol. The number of carbonyl (C=O) groups is 1. The Morgan fingerprint density at radius 1 is 1.82 bits per heavy atom. The summed E-state index contributed by atoms with van der Waals surface area (Å²) < 4.78 is 0. The molecule has 1 rings (SSSR count). The topological polar surface area (TPSA) is 52.9 Å². The highest BCUT2D eigenvalue weighted by atomic mass is 16.1. The van der Waals surface area contributed by atoms with Crippen molar-refractivity contribution >= 4 is 5.91 Å². The maximum atomic E-state index is 11.1. The van der Waals surface area contributed by atoms with Crippen molar-refractivity contribution in [2.24, 2.45) is 11.8 Å². The lowest BCUT2D eigenvalue weighted by Crippen LogP contribution is -2.39. The second-order valence-corrected chi connectivity index (χ2v) is 2.96. The van der Waals surface area contributed by atoms with Crippen molar-refractivity contribution in [3.63, 3.8) is 0 Å². The van der Waals surface area contributed by atoms with Crippen molar-refractivity contribution in [1.29, 1.82) is 5.26 Å². The van der Waals surface area contributed by atoms with E-state index in [1.807, 2.05) is 0 Å². The highest BCUT2D eigenvalue weighted by Crippen LogP contribution is 2.19. The van der Waals surface area contributed by atoms with E-state index in [2.05, 4.69) is 11.4 Å². The average molecular weight is 152 g/mol. The number of rotatable bonds is 1. The van der Waals surface area contributed by atoms with E-state index in [1.54, 1.807) is 6.92 Å². The normalized spacial score (nSPS) is 26.9. The Bertz CT molecular complexity index is 195. The first-order valence-electron chi connectivity index (χ1n) is 3.93. The smallest absolute Gasteiger partial charge is 0.224 e. The minimum atomic E-state index is -0.143. The quantitative estimate of drug-likeness (QED) is 0.600. The van der Waals surface area contributed by atoms with Crippen molar-refractivity contribution in [2.45, 2.75) is 19.8 Å². The fourth-order valence-electron chi connectivity index (χ4n) is 1.36. The standard InChI is InChI=1S/C8H12N2O/c1-6(5-9)7-3-2-4-10-8(7)11/h6-7H,2-4H2,1H3,(H,10,11). The molecule has 1 aliphatic heterocycles. The summed E-state index contributed by atoms with van der Waals surface area (Å²) in [6.07, 6.45) is 1.86. The maximum absolute atomic E-state index is 11.1. The second-order valence-electron chi connectivity index (χ2n) is 2.96. The molecule has 1 amide bonds. The zero-order valence-corrected chi connectivity index (χ0v) is 6.63. The molecule has 0 radical (unpaired) electrons. The van der Waals surface area contributed by atoms with Crippen LogP contribution in [0.25, 0.3) is 0 Å². The second kappa shape index (κ2) is 3.38. The lowest BCUT2D eigenvalue weighted by molar-refractivity contribution is -0.127. The van der Waals surface area contributed by atoms with E-state index >= 15 is 0 Å². The van der Waals surface area contributed by atoms with Crippen molar-refractivity contribution in [2.75, 3.05) is 6.54 Å². The van der Waals surface area contributed by atoms with Gasteiger partial charge in [-0.3, -0.25) is 4.79 Å². The molecule has 1 aliphatic rings. The van der Waals surface area contributed by atoms with Crippen LogP contribution in [0.2, 0.25) is 0 Å². The van der Waals surface area contributed by atoms with Crippen LogP contribution in [0.3, 0.4) is 0 Å². The van der Waals surface area contributed by atoms with Gasteiger partial charge >= 0.3 is 0 Å². The van der Waals surface area contributed by atoms with Gasteiger partial charge in [0.05, 0.1) is 17.9 Å². The molecule has 0 aromatic heterocycles. The van der Waals surface area contributed by atoms with Crippen LogP contribution in [-0.2, 0) is 4.79 Å². The van der Waals surface area contributed by atoms with E-state index in [1.165, 1.54) is 0 Å². The Hall–Kier alpha value is -1.04. The number of carbonyl (C=O) groups excluding carboxylic acids is 1. The largest absolute Gasteiger partial charge is 0.356 e. The fourth-order valence-corrected chi connectivity index (χ4v) is 1.36. The van der Waals surface area contributed by atoms with Crippen molar-refractivity contribution in [3.05, 3.63) is 0 Å². The highest BCUT2D eigenvalue weighted by molar-refractivity contribution is 5.79. The van der Waals surface area contributed by atoms with Gasteiger partial charge in [-0.1, -0.05) is 0 Å². The van der Waals surface area contributed by atoms with Crippen molar-refractivity contribution in [3.8, 4) is 6.07 Å². The predicted octanol–water partition coefficient (Wildman–Crippen LogP) is 0.672. The molecular formula is C8H12N2O. The summed E-state index contributed by atoms with van der Waals surface area (Å²) in [6, 6.07) is 2.10.